The van der Waals surface area contributed by atoms with Crippen LogP contribution in [0.15, 0.2) is 4.52 Å². The highest BCUT2D eigenvalue weighted by Crippen LogP contribution is 2.51. The number of carboxylic acids is 1. The van der Waals surface area contributed by atoms with Gasteiger partial charge in [0.1, 0.15) is 0 Å². The van der Waals surface area contributed by atoms with Crippen molar-refractivity contribution >= 4 is 17.7 Å². The van der Waals surface area contributed by atoms with Crippen LogP contribution in [0.3, 0.4) is 0 Å². The minimum absolute atomic E-state index is 0.0412. The molecule has 0 aliphatic heterocycles. The zero-order chi connectivity index (χ0) is 12.6. The van der Waals surface area contributed by atoms with Gasteiger partial charge in [-0.15, -0.1) is 0 Å². The Kier molecular flexibility index (Phi) is 3.05. The number of carbonyl (C=O) groups is 1. The first-order valence-corrected chi connectivity index (χ1v) is 7.44. The van der Waals surface area contributed by atoms with Gasteiger partial charge in [0.25, 0.3) is 0 Å². The molecule has 1 aromatic heterocycles. The zero-order valence-corrected chi connectivity index (χ0v) is 10.9. The molecule has 18 heavy (non-hydrogen) atoms. The lowest BCUT2D eigenvalue weighted by molar-refractivity contribution is -0.138. The number of thioether (sulfide) groups is 1. The predicted octanol–water partition coefficient (Wildman–Crippen LogP) is 2.44. The van der Waals surface area contributed by atoms with E-state index in [0.29, 0.717) is 12.3 Å². The highest BCUT2D eigenvalue weighted by Gasteiger charge is 2.44. The van der Waals surface area contributed by atoms with Gasteiger partial charge in [-0.3, -0.25) is 4.79 Å². The highest BCUT2D eigenvalue weighted by atomic mass is 32.2. The van der Waals surface area contributed by atoms with Crippen LogP contribution in [0.4, 0.5) is 0 Å². The largest absolute Gasteiger partial charge is 0.481 e. The molecule has 3 rings (SSSR count). The number of aliphatic carboxylic acids is 1. The van der Waals surface area contributed by atoms with Gasteiger partial charge in [-0.25, -0.2) is 0 Å². The Balaban J connectivity index is 1.45. The van der Waals surface area contributed by atoms with E-state index in [4.69, 9.17) is 9.63 Å². The molecule has 2 aliphatic carbocycles. The van der Waals surface area contributed by atoms with Crippen molar-refractivity contribution in [3.63, 3.8) is 0 Å². The van der Waals surface area contributed by atoms with Crippen LogP contribution in [0.25, 0.3) is 0 Å². The van der Waals surface area contributed by atoms with Crippen LogP contribution in [0.5, 0.6) is 0 Å². The molecule has 1 heterocycles. The topological polar surface area (TPSA) is 76.2 Å². The average Bonchev–Trinajstić information content (AvgIpc) is 3.22. The molecular formula is C12H16N2O3S. The highest BCUT2D eigenvalue weighted by molar-refractivity contribution is 7.98. The van der Waals surface area contributed by atoms with E-state index >= 15 is 0 Å². The van der Waals surface area contributed by atoms with E-state index in [0.717, 1.165) is 48.9 Å². The Morgan fingerprint density at radius 3 is 2.89 bits per heavy atom. The van der Waals surface area contributed by atoms with Gasteiger partial charge >= 0.3 is 5.97 Å². The van der Waals surface area contributed by atoms with Crippen molar-refractivity contribution in [2.24, 2.45) is 5.41 Å². The van der Waals surface area contributed by atoms with Gasteiger partial charge in [0.15, 0.2) is 5.82 Å². The Bertz CT molecular complexity index is 452. The Morgan fingerprint density at radius 2 is 2.28 bits per heavy atom. The minimum Gasteiger partial charge on any atom is -0.481 e. The van der Waals surface area contributed by atoms with Crippen molar-refractivity contribution in [3.05, 3.63) is 11.7 Å². The van der Waals surface area contributed by atoms with E-state index in [1.807, 2.05) is 0 Å². The number of hydrogen-bond donors (Lipinski definition) is 1. The summed E-state index contributed by atoms with van der Waals surface area (Å²) in [4.78, 5) is 15.1. The van der Waals surface area contributed by atoms with E-state index < -0.39 is 5.97 Å². The molecule has 5 nitrogen and oxygen atoms in total. The molecule has 2 fully saturated rings. The van der Waals surface area contributed by atoms with Crippen LogP contribution >= 0.6 is 11.8 Å². The fraction of sp³-hybridized carbons (Fsp3) is 0.750. The summed E-state index contributed by atoms with van der Waals surface area (Å²) in [5, 5.41) is 12.8. The summed E-state index contributed by atoms with van der Waals surface area (Å²) >= 11 is 1.71. The van der Waals surface area contributed by atoms with Gasteiger partial charge in [-0.05, 0) is 36.9 Å². The Hall–Kier alpha value is -1.04. The first-order chi connectivity index (χ1) is 8.67. The summed E-state index contributed by atoms with van der Waals surface area (Å²) in [6, 6.07) is 0. The van der Waals surface area contributed by atoms with E-state index in [1.165, 1.54) is 0 Å². The number of aromatic nitrogens is 2. The molecule has 2 aliphatic rings. The third-order valence-corrected chi connectivity index (χ3v) is 4.81. The fourth-order valence-electron chi connectivity index (χ4n) is 2.05. The van der Waals surface area contributed by atoms with E-state index in [1.54, 1.807) is 11.8 Å². The molecule has 6 heteroatoms. The van der Waals surface area contributed by atoms with Gasteiger partial charge in [0, 0.05) is 5.92 Å². The van der Waals surface area contributed by atoms with Crippen molar-refractivity contribution in [3.8, 4) is 0 Å². The van der Waals surface area contributed by atoms with Crippen molar-refractivity contribution in [1.29, 1.82) is 0 Å². The molecule has 2 saturated carbocycles. The summed E-state index contributed by atoms with van der Waals surface area (Å²) in [5.41, 5.74) is 0.0412. The molecule has 0 spiro atoms. The maximum Gasteiger partial charge on any atom is 0.303 e. The van der Waals surface area contributed by atoms with Gasteiger partial charge in [-0.2, -0.15) is 16.7 Å². The van der Waals surface area contributed by atoms with Crippen LogP contribution in [-0.4, -0.2) is 27.0 Å². The third kappa shape index (κ3) is 2.85. The summed E-state index contributed by atoms with van der Waals surface area (Å²) in [6.07, 6.45) is 4.68. The van der Waals surface area contributed by atoms with Crippen molar-refractivity contribution < 1.29 is 14.4 Å². The lowest BCUT2D eigenvalue weighted by atomic mass is 10.1. The van der Waals surface area contributed by atoms with Gasteiger partial charge < -0.3 is 9.63 Å². The van der Waals surface area contributed by atoms with E-state index in [-0.39, 0.29) is 5.41 Å². The zero-order valence-electron chi connectivity index (χ0n) is 10.1. The molecule has 98 valence electrons. The molecule has 0 bridgehead atoms. The number of rotatable bonds is 7. The quantitative estimate of drug-likeness (QED) is 0.818. The third-order valence-electron chi connectivity index (χ3n) is 3.53. The van der Waals surface area contributed by atoms with E-state index in [2.05, 4.69) is 10.1 Å². The molecule has 0 atom stereocenters. The second kappa shape index (κ2) is 4.57. The maximum atomic E-state index is 10.7. The second-order valence-electron chi connectivity index (χ2n) is 5.39. The first kappa shape index (κ1) is 12.0. The predicted molar refractivity (Wildman–Crippen MR) is 66.4 cm³/mol. The summed E-state index contributed by atoms with van der Waals surface area (Å²) in [5.74, 6) is 2.93. The van der Waals surface area contributed by atoms with Crippen LogP contribution < -0.4 is 0 Å². The summed E-state index contributed by atoms with van der Waals surface area (Å²) in [6.45, 7) is 0. The lowest BCUT2D eigenvalue weighted by Crippen LogP contribution is -2.11. The van der Waals surface area contributed by atoms with Gasteiger partial charge in [0.2, 0.25) is 5.89 Å². The van der Waals surface area contributed by atoms with Crippen molar-refractivity contribution in [1.82, 2.24) is 10.1 Å². The second-order valence-corrected chi connectivity index (χ2v) is 6.37. The molecule has 0 unspecified atom stereocenters. The molecule has 0 aromatic carbocycles. The Morgan fingerprint density at radius 1 is 1.50 bits per heavy atom. The van der Waals surface area contributed by atoms with Crippen molar-refractivity contribution in [2.75, 3.05) is 5.75 Å². The van der Waals surface area contributed by atoms with Crippen LogP contribution in [0.1, 0.15) is 49.7 Å². The smallest absolute Gasteiger partial charge is 0.303 e. The molecule has 1 aromatic rings. The number of carboxylic acid groups (broad SMARTS) is 1. The normalized spacial score (nSPS) is 20.9. The van der Waals surface area contributed by atoms with Crippen LogP contribution in [0.2, 0.25) is 0 Å². The maximum absolute atomic E-state index is 10.7. The number of hydrogen-bond acceptors (Lipinski definition) is 5. The minimum atomic E-state index is -0.691. The molecule has 0 radical (unpaired) electrons. The van der Waals surface area contributed by atoms with Gasteiger partial charge in [-0.1, -0.05) is 5.16 Å². The fourth-order valence-corrected chi connectivity index (χ4v) is 3.28. The first-order valence-electron chi connectivity index (χ1n) is 6.29. The SMILES string of the molecule is O=C(O)CC1(CSCc2noc(C3CC3)n2)CC1. The monoisotopic (exact) mass is 268 g/mol. The summed E-state index contributed by atoms with van der Waals surface area (Å²) in [7, 11) is 0. The standard InChI is InChI=1S/C12H16N2O3S/c15-10(16)5-12(3-4-12)7-18-6-9-13-11(17-14-9)8-1-2-8/h8H,1-7H2,(H,15,16). The molecule has 1 N–H and O–H groups in total. The van der Waals surface area contributed by atoms with Crippen LogP contribution in [-0.2, 0) is 10.5 Å². The van der Waals surface area contributed by atoms with Crippen molar-refractivity contribution in [2.45, 2.75) is 43.8 Å². The number of nitrogens with zero attached hydrogens (tertiary/aromatic N) is 2. The molecule has 0 amide bonds. The van der Waals surface area contributed by atoms with Gasteiger partial charge in [0.05, 0.1) is 12.2 Å². The van der Waals surface area contributed by atoms with Crippen LogP contribution in [0, 0.1) is 5.41 Å². The summed E-state index contributed by atoms with van der Waals surface area (Å²) < 4.78 is 5.18. The van der Waals surface area contributed by atoms with E-state index in [9.17, 15) is 4.79 Å². The Labute approximate surface area is 109 Å². The lowest BCUT2D eigenvalue weighted by Gasteiger charge is -2.10. The molecular weight excluding hydrogens is 252 g/mol. The molecule has 0 saturated heterocycles. The average molecular weight is 268 g/mol.